The molecule has 2 atom stereocenters. The van der Waals surface area contributed by atoms with E-state index in [1.54, 1.807) is 12.1 Å². The smallest absolute Gasteiger partial charge is 0.387 e. The first-order valence-electron chi connectivity index (χ1n) is 5.25. The van der Waals surface area contributed by atoms with Crippen molar-refractivity contribution in [2.45, 2.75) is 32.3 Å². The van der Waals surface area contributed by atoms with E-state index in [2.05, 4.69) is 11.7 Å². The first-order chi connectivity index (χ1) is 7.20. The Bertz CT molecular complexity index is 321. The van der Waals surface area contributed by atoms with Gasteiger partial charge in [0, 0.05) is 0 Å². The van der Waals surface area contributed by atoms with E-state index in [4.69, 9.17) is 0 Å². The van der Waals surface area contributed by atoms with Gasteiger partial charge in [0.15, 0.2) is 0 Å². The lowest BCUT2D eigenvalue weighted by Crippen LogP contribution is -2.01. The predicted octanol–water partition coefficient (Wildman–Crippen LogP) is 3.80. The summed E-state index contributed by atoms with van der Waals surface area (Å²) in [5.41, 5.74) is 1.24. The van der Waals surface area contributed by atoms with Gasteiger partial charge in [0.2, 0.25) is 0 Å². The van der Waals surface area contributed by atoms with Crippen molar-refractivity contribution in [2.24, 2.45) is 5.92 Å². The lowest BCUT2D eigenvalue weighted by Gasteiger charge is -2.05. The van der Waals surface area contributed by atoms with Crippen molar-refractivity contribution < 1.29 is 13.5 Å². The lowest BCUT2D eigenvalue weighted by atomic mass is 10.1. The molecule has 1 fully saturated rings. The fraction of sp³-hybridized carbons (Fsp3) is 0.500. The van der Waals surface area contributed by atoms with Crippen LogP contribution in [0.1, 0.15) is 31.2 Å². The molecule has 0 saturated heterocycles. The van der Waals surface area contributed by atoms with Crippen molar-refractivity contribution in [1.29, 1.82) is 0 Å². The lowest BCUT2D eigenvalue weighted by molar-refractivity contribution is -0.0498. The zero-order chi connectivity index (χ0) is 10.8. The number of hydrogen-bond acceptors (Lipinski definition) is 1. The van der Waals surface area contributed by atoms with Crippen LogP contribution in [0.3, 0.4) is 0 Å². The second-order valence-electron chi connectivity index (χ2n) is 3.96. The van der Waals surface area contributed by atoms with Gasteiger partial charge in [-0.3, -0.25) is 0 Å². The molecule has 15 heavy (non-hydrogen) atoms. The van der Waals surface area contributed by atoms with Crippen LogP contribution < -0.4 is 4.74 Å². The third-order valence-electron chi connectivity index (χ3n) is 2.98. The van der Waals surface area contributed by atoms with Gasteiger partial charge in [-0.15, -0.1) is 0 Å². The fourth-order valence-electron chi connectivity index (χ4n) is 2.00. The molecular formula is C12H14F2O. The Balaban J connectivity index is 1.99. The highest BCUT2D eigenvalue weighted by molar-refractivity contribution is 5.32. The van der Waals surface area contributed by atoms with Gasteiger partial charge in [-0.05, 0) is 36.0 Å². The van der Waals surface area contributed by atoms with Crippen molar-refractivity contribution in [3.05, 3.63) is 29.8 Å². The molecule has 0 aromatic heterocycles. The minimum Gasteiger partial charge on any atom is -0.435 e. The topological polar surface area (TPSA) is 9.23 Å². The molecule has 0 spiro atoms. The highest BCUT2D eigenvalue weighted by atomic mass is 19.3. The fourth-order valence-corrected chi connectivity index (χ4v) is 2.00. The summed E-state index contributed by atoms with van der Waals surface area (Å²) in [6.45, 7) is -0.556. The molecule has 82 valence electrons. The number of halogens is 2. The summed E-state index contributed by atoms with van der Waals surface area (Å²) in [4.78, 5) is 0. The van der Waals surface area contributed by atoms with Crippen molar-refractivity contribution in [3.63, 3.8) is 0 Å². The van der Waals surface area contributed by atoms with Crippen LogP contribution in [0.15, 0.2) is 24.3 Å². The third-order valence-corrected chi connectivity index (χ3v) is 2.98. The predicted molar refractivity (Wildman–Crippen MR) is 54.2 cm³/mol. The molecule has 0 unspecified atom stereocenters. The monoisotopic (exact) mass is 212 g/mol. The molecule has 0 N–H and O–H groups in total. The van der Waals surface area contributed by atoms with Crippen LogP contribution in [0.5, 0.6) is 5.75 Å². The van der Waals surface area contributed by atoms with Gasteiger partial charge in [0.05, 0.1) is 0 Å². The minimum absolute atomic E-state index is 0.238. The van der Waals surface area contributed by atoms with Gasteiger partial charge in [0.25, 0.3) is 0 Å². The Morgan fingerprint density at radius 1 is 1.33 bits per heavy atom. The molecule has 1 saturated carbocycles. The molecule has 0 radical (unpaired) electrons. The SMILES string of the molecule is CC[C@H]1C[C@@H]1c1ccc(OC(F)F)cc1. The number of benzene rings is 1. The summed E-state index contributed by atoms with van der Waals surface area (Å²) >= 11 is 0. The van der Waals surface area contributed by atoms with E-state index in [-0.39, 0.29) is 5.75 Å². The van der Waals surface area contributed by atoms with Crippen LogP contribution in [-0.2, 0) is 0 Å². The Hall–Kier alpha value is -1.12. The second kappa shape index (κ2) is 4.17. The first-order valence-corrected chi connectivity index (χ1v) is 5.25. The molecule has 1 aromatic rings. The van der Waals surface area contributed by atoms with Gasteiger partial charge in [-0.2, -0.15) is 8.78 Å². The second-order valence-corrected chi connectivity index (χ2v) is 3.96. The Kier molecular flexibility index (Phi) is 2.89. The molecule has 1 aliphatic rings. The van der Waals surface area contributed by atoms with E-state index in [1.807, 2.05) is 12.1 Å². The van der Waals surface area contributed by atoms with Crippen LogP contribution in [0.2, 0.25) is 0 Å². The molecule has 3 heteroatoms. The summed E-state index contributed by atoms with van der Waals surface area (Å²) in [5, 5.41) is 0. The number of rotatable bonds is 4. The molecule has 0 heterocycles. The molecule has 1 nitrogen and oxygen atoms in total. The van der Waals surface area contributed by atoms with Gasteiger partial charge < -0.3 is 4.74 Å². The van der Waals surface area contributed by atoms with Crippen LogP contribution in [0.25, 0.3) is 0 Å². The number of alkyl halides is 2. The van der Waals surface area contributed by atoms with Crippen molar-refractivity contribution in [1.82, 2.24) is 0 Å². The Morgan fingerprint density at radius 2 is 2.00 bits per heavy atom. The zero-order valence-electron chi connectivity index (χ0n) is 8.62. The molecule has 1 aromatic carbocycles. The van der Waals surface area contributed by atoms with Gasteiger partial charge in [-0.25, -0.2) is 0 Å². The normalized spacial score (nSPS) is 24.3. The number of hydrogen-bond donors (Lipinski definition) is 0. The standard InChI is InChI=1S/C12H14F2O/c1-2-8-7-11(8)9-3-5-10(6-4-9)15-12(13)14/h3-6,8,11-12H,2,7H2,1H3/t8-,11-/m0/s1. The van der Waals surface area contributed by atoms with Crippen LogP contribution in [0.4, 0.5) is 8.78 Å². The summed E-state index contributed by atoms with van der Waals surface area (Å²) < 4.78 is 28.1. The van der Waals surface area contributed by atoms with Crippen molar-refractivity contribution in [3.8, 4) is 5.75 Å². The number of ether oxygens (including phenoxy) is 1. The van der Waals surface area contributed by atoms with Gasteiger partial charge >= 0.3 is 6.61 Å². The van der Waals surface area contributed by atoms with E-state index in [9.17, 15) is 8.78 Å². The summed E-state index contributed by atoms with van der Waals surface area (Å²) in [5.74, 6) is 1.66. The first kappa shape index (κ1) is 10.4. The largest absolute Gasteiger partial charge is 0.435 e. The van der Waals surface area contributed by atoms with Crippen LogP contribution >= 0.6 is 0 Å². The molecule has 2 rings (SSSR count). The van der Waals surface area contributed by atoms with Gasteiger partial charge in [-0.1, -0.05) is 25.5 Å². The quantitative estimate of drug-likeness (QED) is 0.737. The van der Waals surface area contributed by atoms with E-state index in [0.717, 1.165) is 5.92 Å². The highest BCUT2D eigenvalue weighted by Crippen LogP contribution is 2.49. The molecule has 0 bridgehead atoms. The molecular weight excluding hydrogens is 198 g/mol. The average Bonchev–Trinajstić information content (AvgIpc) is 2.97. The maximum absolute atomic E-state index is 11.9. The summed E-state index contributed by atoms with van der Waals surface area (Å²) in [7, 11) is 0. The van der Waals surface area contributed by atoms with Crippen molar-refractivity contribution in [2.75, 3.05) is 0 Å². The summed E-state index contributed by atoms with van der Waals surface area (Å²) in [6, 6.07) is 7.01. The maximum atomic E-state index is 11.9. The maximum Gasteiger partial charge on any atom is 0.387 e. The summed E-state index contributed by atoms with van der Waals surface area (Å²) in [6.07, 6.45) is 2.42. The molecule has 0 aliphatic heterocycles. The molecule has 1 aliphatic carbocycles. The van der Waals surface area contributed by atoms with Gasteiger partial charge in [0.1, 0.15) is 5.75 Å². The van der Waals surface area contributed by atoms with E-state index in [1.165, 1.54) is 18.4 Å². The van der Waals surface area contributed by atoms with Crippen molar-refractivity contribution >= 4 is 0 Å². The van der Waals surface area contributed by atoms with Crippen LogP contribution in [-0.4, -0.2) is 6.61 Å². The van der Waals surface area contributed by atoms with E-state index >= 15 is 0 Å². The minimum atomic E-state index is -2.74. The van der Waals surface area contributed by atoms with E-state index in [0.29, 0.717) is 5.92 Å². The zero-order valence-corrected chi connectivity index (χ0v) is 8.62. The molecule has 0 amide bonds. The Morgan fingerprint density at radius 3 is 2.47 bits per heavy atom. The Labute approximate surface area is 88.1 Å². The van der Waals surface area contributed by atoms with Crippen LogP contribution in [0, 0.1) is 5.92 Å². The average molecular weight is 212 g/mol. The van der Waals surface area contributed by atoms with E-state index < -0.39 is 6.61 Å². The third kappa shape index (κ3) is 2.46. The highest BCUT2D eigenvalue weighted by Gasteiger charge is 2.36.